The molecule has 0 aromatic rings. The van der Waals surface area contributed by atoms with Gasteiger partial charge in [0.1, 0.15) is 0 Å². The molecule has 0 radical (unpaired) electrons. The van der Waals surface area contributed by atoms with Crippen molar-refractivity contribution in [3.05, 3.63) is 12.2 Å². The minimum absolute atomic E-state index is 0.0637. The van der Waals surface area contributed by atoms with Crippen LogP contribution in [0.15, 0.2) is 12.2 Å². The number of amides is 1. The Balaban J connectivity index is 2.18. The number of esters is 2. The van der Waals surface area contributed by atoms with E-state index in [9.17, 15) is 19.2 Å². The van der Waals surface area contributed by atoms with Crippen molar-refractivity contribution >= 4 is 23.6 Å². The number of nitrogens with one attached hydrogen (secondary N) is 1. The number of carbonyl (C=O) groups excluding carboxylic acids is 4. The van der Waals surface area contributed by atoms with E-state index >= 15 is 0 Å². The first-order chi connectivity index (χ1) is 11.0. The summed E-state index contributed by atoms with van der Waals surface area (Å²) in [5, 5.41) is 2.47. The number of Topliss-reactive ketones (excluding diaryl/α,β-unsaturated/α-hetero) is 1. The summed E-state index contributed by atoms with van der Waals surface area (Å²) in [7, 11) is 0. The van der Waals surface area contributed by atoms with Crippen LogP contribution in [-0.4, -0.2) is 42.4 Å². The van der Waals surface area contributed by atoms with Crippen LogP contribution in [-0.2, 0) is 28.7 Å². The van der Waals surface area contributed by atoms with Crippen molar-refractivity contribution in [1.82, 2.24) is 5.32 Å². The molecule has 0 aromatic heterocycles. The van der Waals surface area contributed by atoms with Crippen molar-refractivity contribution in [1.29, 1.82) is 0 Å². The van der Waals surface area contributed by atoms with E-state index in [2.05, 4.69) is 5.32 Å². The van der Waals surface area contributed by atoms with Gasteiger partial charge < -0.3 is 14.8 Å². The van der Waals surface area contributed by atoms with E-state index in [4.69, 9.17) is 9.47 Å². The first-order valence-corrected chi connectivity index (χ1v) is 7.86. The van der Waals surface area contributed by atoms with Crippen molar-refractivity contribution < 1.29 is 28.7 Å². The zero-order chi connectivity index (χ0) is 16.8. The minimum Gasteiger partial charge on any atom is -0.465 e. The van der Waals surface area contributed by atoms with Gasteiger partial charge in [-0.2, -0.15) is 0 Å². The SMILES string of the molecule is CCOC(=O)[C@@]12C(=O)C(=O)N[C@]1(C(=O)OCC)[C@H]1C=CCC[C@@H]12. The molecule has 2 aliphatic carbocycles. The lowest BCUT2D eigenvalue weighted by atomic mass is 9.40. The molecule has 3 rings (SSSR count). The number of ketones is 1. The second-order valence-corrected chi connectivity index (χ2v) is 5.98. The van der Waals surface area contributed by atoms with E-state index in [1.54, 1.807) is 19.9 Å². The van der Waals surface area contributed by atoms with Gasteiger partial charge >= 0.3 is 11.9 Å². The van der Waals surface area contributed by atoms with Gasteiger partial charge in [-0.05, 0) is 32.6 Å². The van der Waals surface area contributed by atoms with E-state index in [1.807, 2.05) is 6.08 Å². The molecule has 1 aliphatic heterocycles. The van der Waals surface area contributed by atoms with Gasteiger partial charge in [-0.25, -0.2) is 4.79 Å². The summed E-state index contributed by atoms with van der Waals surface area (Å²) in [4.78, 5) is 50.1. The zero-order valence-electron chi connectivity index (χ0n) is 13.1. The predicted molar refractivity (Wildman–Crippen MR) is 76.9 cm³/mol. The van der Waals surface area contributed by atoms with Gasteiger partial charge in [0.25, 0.3) is 5.91 Å². The van der Waals surface area contributed by atoms with Crippen molar-refractivity contribution in [2.75, 3.05) is 13.2 Å². The number of allylic oxidation sites excluding steroid dienone is 1. The summed E-state index contributed by atoms with van der Waals surface area (Å²) in [5.74, 6) is -4.24. The lowest BCUT2D eigenvalue weighted by Crippen LogP contribution is -2.80. The fraction of sp³-hybridized carbons (Fsp3) is 0.625. The molecule has 1 saturated carbocycles. The lowest BCUT2D eigenvalue weighted by Gasteiger charge is -2.60. The lowest BCUT2D eigenvalue weighted by molar-refractivity contribution is -0.205. The average Bonchev–Trinajstić information content (AvgIpc) is 2.72. The molecule has 0 spiro atoms. The molecule has 1 heterocycles. The standard InChI is InChI=1S/C16H19NO6/c1-3-22-13(20)15-9-7-5-6-8-10(9)16(15,14(21)23-4-2)17-12(19)11(15)18/h6,8-10H,3-5,7H2,1-2H3,(H,17,19)/t9-,10-,15+,16-/m0/s1. The molecule has 2 fully saturated rings. The second-order valence-electron chi connectivity index (χ2n) is 5.98. The van der Waals surface area contributed by atoms with Gasteiger partial charge in [-0.3, -0.25) is 14.4 Å². The Morgan fingerprint density at radius 2 is 1.87 bits per heavy atom. The van der Waals surface area contributed by atoms with Crippen LogP contribution in [0.2, 0.25) is 0 Å². The third-order valence-electron chi connectivity index (χ3n) is 5.17. The largest absolute Gasteiger partial charge is 0.465 e. The predicted octanol–water partition coefficient (Wildman–Crippen LogP) is 0.133. The number of carbonyl (C=O) groups is 4. The monoisotopic (exact) mass is 321 g/mol. The molecule has 1 amide bonds. The molecule has 0 bridgehead atoms. The molecular formula is C16H19NO6. The minimum atomic E-state index is -1.80. The normalized spacial score (nSPS) is 37.3. The molecule has 3 aliphatic rings. The van der Waals surface area contributed by atoms with Crippen LogP contribution in [0.1, 0.15) is 26.7 Å². The Kier molecular flexibility index (Phi) is 3.54. The van der Waals surface area contributed by atoms with E-state index in [0.717, 1.165) is 0 Å². The van der Waals surface area contributed by atoms with Crippen LogP contribution in [0.3, 0.4) is 0 Å². The highest BCUT2D eigenvalue weighted by atomic mass is 16.5. The molecule has 0 unspecified atom stereocenters. The molecule has 4 atom stereocenters. The second kappa shape index (κ2) is 5.18. The maximum absolute atomic E-state index is 12.7. The molecular weight excluding hydrogens is 302 g/mol. The van der Waals surface area contributed by atoms with Gasteiger partial charge in [-0.1, -0.05) is 12.2 Å². The van der Waals surface area contributed by atoms with Crippen LogP contribution in [0.4, 0.5) is 0 Å². The number of rotatable bonds is 4. The molecule has 1 saturated heterocycles. The van der Waals surface area contributed by atoms with Gasteiger partial charge in [0.05, 0.1) is 13.2 Å². The Morgan fingerprint density at radius 3 is 2.52 bits per heavy atom. The van der Waals surface area contributed by atoms with Crippen molar-refractivity contribution in [2.24, 2.45) is 17.3 Å². The maximum Gasteiger partial charge on any atom is 0.334 e. The Morgan fingerprint density at radius 1 is 1.22 bits per heavy atom. The van der Waals surface area contributed by atoms with Gasteiger partial charge in [-0.15, -0.1) is 0 Å². The molecule has 1 N–H and O–H groups in total. The summed E-state index contributed by atoms with van der Waals surface area (Å²) >= 11 is 0. The van der Waals surface area contributed by atoms with E-state index in [1.165, 1.54) is 0 Å². The number of hydrogen-bond donors (Lipinski definition) is 1. The summed E-state index contributed by atoms with van der Waals surface area (Å²) in [6.45, 7) is 3.40. The van der Waals surface area contributed by atoms with Crippen LogP contribution < -0.4 is 5.32 Å². The first kappa shape index (κ1) is 15.7. The highest BCUT2D eigenvalue weighted by Gasteiger charge is 2.87. The Bertz CT molecular complexity index is 626. The first-order valence-electron chi connectivity index (χ1n) is 7.86. The molecule has 0 aromatic carbocycles. The molecule has 124 valence electrons. The van der Waals surface area contributed by atoms with Crippen molar-refractivity contribution in [2.45, 2.75) is 32.2 Å². The number of fused-ring (bicyclic) bond motifs is 4. The summed E-state index contributed by atoms with van der Waals surface area (Å²) in [5.41, 5.74) is -3.48. The summed E-state index contributed by atoms with van der Waals surface area (Å²) in [6.07, 6.45) is 4.91. The molecule has 7 nitrogen and oxygen atoms in total. The fourth-order valence-corrected chi connectivity index (χ4v) is 4.41. The van der Waals surface area contributed by atoms with Gasteiger partial charge in [0, 0.05) is 5.92 Å². The Labute approximate surface area is 133 Å². The van der Waals surface area contributed by atoms with Gasteiger partial charge in [0.15, 0.2) is 11.0 Å². The third-order valence-corrected chi connectivity index (χ3v) is 5.17. The van der Waals surface area contributed by atoms with Crippen molar-refractivity contribution in [3.8, 4) is 0 Å². The highest BCUT2D eigenvalue weighted by molar-refractivity contribution is 6.47. The number of ether oxygens (including phenoxy) is 2. The summed E-state index contributed by atoms with van der Waals surface area (Å²) in [6, 6.07) is 0. The quantitative estimate of drug-likeness (QED) is 0.342. The van der Waals surface area contributed by atoms with E-state index in [-0.39, 0.29) is 13.2 Å². The highest BCUT2D eigenvalue weighted by Crippen LogP contribution is 2.66. The maximum atomic E-state index is 12.7. The van der Waals surface area contributed by atoms with Crippen molar-refractivity contribution in [3.63, 3.8) is 0 Å². The fourth-order valence-electron chi connectivity index (χ4n) is 4.41. The third kappa shape index (κ3) is 1.59. The van der Waals surface area contributed by atoms with Crippen LogP contribution in [0.25, 0.3) is 0 Å². The molecule has 23 heavy (non-hydrogen) atoms. The summed E-state index contributed by atoms with van der Waals surface area (Å²) < 4.78 is 10.2. The zero-order valence-corrected chi connectivity index (χ0v) is 13.1. The Hall–Kier alpha value is -2.18. The van der Waals surface area contributed by atoms with Gasteiger partial charge in [0.2, 0.25) is 5.78 Å². The van der Waals surface area contributed by atoms with Crippen LogP contribution in [0, 0.1) is 17.3 Å². The molecule has 7 heteroatoms. The average molecular weight is 321 g/mol. The topological polar surface area (TPSA) is 98.8 Å². The van der Waals surface area contributed by atoms with E-state index < -0.39 is 46.4 Å². The van der Waals surface area contributed by atoms with E-state index in [0.29, 0.717) is 12.8 Å². The van der Waals surface area contributed by atoms with Crippen LogP contribution in [0.5, 0.6) is 0 Å². The number of hydrogen-bond acceptors (Lipinski definition) is 6. The smallest absolute Gasteiger partial charge is 0.334 e. The van der Waals surface area contributed by atoms with Crippen LogP contribution >= 0.6 is 0 Å².